The first-order chi connectivity index (χ1) is 20.6. The number of nitrogens with one attached hydrogen (secondary N) is 1. The Bertz CT molecular complexity index is 1750. The number of aromatic nitrogens is 6. The van der Waals surface area contributed by atoms with E-state index in [1.165, 1.54) is 28.8 Å². The molecular formula is C32H36N8O3. The van der Waals surface area contributed by atoms with Gasteiger partial charge in [0.05, 0.1) is 6.20 Å². The normalized spacial score (nSPS) is 10.8. The zero-order chi connectivity index (χ0) is 31.1. The van der Waals surface area contributed by atoms with E-state index < -0.39 is 5.78 Å². The third-order valence-electron chi connectivity index (χ3n) is 6.83. The summed E-state index contributed by atoms with van der Waals surface area (Å²) in [5, 5.41) is 20.0. The minimum atomic E-state index is -0.658. The van der Waals surface area contributed by atoms with Gasteiger partial charge in [-0.25, -0.2) is 9.50 Å². The highest BCUT2D eigenvalue weighted by atomic mass is 16.5. The van der Waals surface area contributed by atoms with Gasteiger partial charge < -0.3 is 20.5 Å². The van der Waals surface area contributed by atoms with Gasteiger partial charge in [-0.3, -0.25) is 14.9 Å². The largest absolute Gasteiger partial charge is 0.462 e. The molecule has 0 radical (unpaired) electrons. The molecule has 0 aliphatic carbocycles. The number of rotatable bonds is 7. The number of anilines is 2. The Morgan fingerprint density at radius 1 is 1.09 bits per heavy atom. The zero-order valence-corrected chi connectivity index (χ0v) is 25.2. The quantitative estimate of drug-likeness (QED) is 0.128. The Morgan fingerprint density at radius 2 is 1.81 bits per heavy atom. The summed E-state index contributed by atoms with van der Waals surface area (Å²) in [4.78, 5) is 23.0. The predicted octanol–water partition coefficient (Wildman–Crippen LogP) is 5.54. The van der Waals surface area contributed by atoms with Crippen molar-refractivity contribution in [3.05, 3.63) is 77.9 Å². The summed E-state index contributed by atoms with van der Waals surface area (Å²) < 4.78 is 7.45. The van der Waals surface area contributed by atoms with Gasteiger partial charge in [-0.1, -0.05) is 32.9 Å². The van der Waals surface area contributed by atoms with Crippen LogP contribution in [-0.2, 0) is 5.41 Å². The van der Waals surface area contributed by atoms with Crippen LogP contribution in [0.15, 0.2) is 61.1 Å². The first kappa shape index (κ1) is 30.6. The lowest BCUT2D eigenvalue weighted by Gasteiger charge is -2.21. The summed E-state index contributed by atoms with van der Waals surface area (Å²) in [5.41, 5.74) is 10.9. The third-order valence-corrected chi connectivity index (χ3v) is 6.83. The van der Waals surface area contributed by atoms with Gasteiger partial charge in [0.1, 0.15) is 17.5 Å². The molecule has 2 aromatic carbocycles. The predicted molar refractivity (Wildman–Crippen MR) is 167 cm³/mol. The van der Waals surface area contributed by atoms with Gasteiger partial charge in [0.15, 0.2) is 5.69 Å². The smallest absolute Gasteiger partial charge is 0.260 e. The zero-order valence-electron chi connectivity index (χ0n) is 25.2. The van der Waals surface area contributed by atoms with Gasteiger partial charge in [0.2, 0.25) is 17.2 Å². The first-order valence-electron chi connectivity index (χ1n) is 13.9. The van der Waals surface area contributed by atoms with E-state index in [0.29, 0.717) is 17.3 Å². The van der Waals surface area contributed by atoms with Crippen LogP contribution in [0.3, 0.4) is 0 Å². The molecule has 5 rings (SSSR count). The number of aliphatic hydroxyl groups excluding tert-OH is 1. The van der Waals surface area contributed by atoms with Crippen molar-refractivity contribution in [1.29, 1.82) is 0 Å². The fourth-order valence-electron chi connectivity index (χ4n) is 4.34. The van der Waals surface area contributed by atoms with Crippen molar-refractivity contribution >= 4 is 22.8 Å². The number of hydrogen-bond donors (Lipinski definition) is 3. The van der Waals surface area contributed by atoms with E-state index in [0.717, 1.165) is 29.9 Å². The number of ether oxygens (including phenoxy) is 1. The van der Waals surface area contributed by atoms with Crippen LogP contribution in [0.4, 0.5) is 11.4 Å². The topological polar surface area (TPSA) is 148 Å². The fourth-order valence-corrected chi connectivity index (χ4v) is 4.34. The SMILES string of the molecule is CC(C)(C)c1ccc(Oc2c(C(=O)C#CO)[nH]n3c(-c4cnccn4)nnc23)cc1.CCN(CC)c1ccc(N)c(C)c1. The van der Waals surface area contributed by atoms with Gasteiger partial charge in [-0.2, -0.15) is 0 Å². The van der Waals surface area contributed by atoms with Crippen molar-refractivity contribution in [3.63, 3.8) is 0 Å². The van der Waals surface area contributed by atoms with E-state index in [1.54, 1.807) is 6.11 Å². The molecule has 0 amide bonds. The maximum atomic E-state index is 12.4. The van der Waals surface area contributed by atoms with Crippen LogP contribution in [0.2, 0.25) is 0 Å². The van der Waals surface area contributed by atoms with Crippen LogP contribution >= 0.6 is 0 Å². The molecule has 3 heterocycles. The minimum Gasteiger partial charge on any atom is -0.462 e. The van der Waals surface area contributed by atoms with Crippen LogP contribution < -0.4 is 15.4 Å². The molecule has 0 bridgehead atoms. The number of aryl methyl sites for hydroxylation is 1. The molecule has 11 nitrogen and oxygen atoms in total. The number of H-pyrrole nitrogens is 1. The minimum absolute atomic E-state index is 0.00362. The number of nitrogens with zero attached hydrogens (tertiary/aromatic N) is 6. The molecule has 11 heteroatoms. The Balaban J connectivity index is 0.000000273. The highest BCUT2D eigenvalue weighted by Gasteiger charge is 2.25. The van der Waals surface area contributed by atoms with Crippen molar-refractivity contribution in [2.75, 3.05) is 23.7 Å². The van der Waals surface area contributed by atoms with Crippen molar-refractivity contribution in [1.82, 2.24) is 29.8 Å². The van der Waals surface area contributed by atoms with Crippen LogP contribution in [0.5, 0.6) is 11.5 Å². The second kappa shape index (κ2) is 13.1. The molecular weight excluding hydrogens is 544 g/mol. The monoisotopic (exact) mass is 580 g/mol. The number of benzene rings is 2. The molecule has 0 aliphatic rings. The number of aliphatic hydroxyl groups is 1. The lowest BCUT2D eigenvalue weighted by Crippen LogP contribution is -2.21. The van der Waals surface area contributed by atoms with Crippen LogP contribution in [0, 0.1) is 19.0 Å². The molecule has 0 saturated heterocycles. The Labute approximate surface area is 250 Å². The number of nitrogen functional groups attached to an aromatic ring is 1. The summed E-state index contributed by atoms with van der Waals surface area (Å²) in [5.74, 6) is 2.44. The van der Waals surface area contributed by atoms with E-state index in [2.05, 4.69) is 82.8 Å². The van der Waals surface area contributed by atoms with Crippen molar-refractivity contribution in [2.45, 2.75) is 47.0 Å². The summed E-state index contributed by atoms with van der Waals surface area (Å²) in [6.45, 7) is 14.8. The molecule has 3 aromatic heterocycles. The van der Waals surface area contributed by atoms with Crippen LogP contribution in [0.1, 0.15) is 56.2 Å². The van der Waals surface area contributed by atoms with Gasteiger partial charge in [-0.05, 0) is 67.6 Å². The molecule has 4 N–H and O–H groups in total. The number of nitrogens with two attached hydrogens (primary N) is 1. The number of hydrogen-bond acceptors (Lipinski definition) is 9. The van der Waals surface area contributed by atoms with E-state index in [9.17, 15) is 4.79 Å². The molecule has 0 saturated carbocycles. The van der Waals surface area contributed by atoms with E-state index in [4.69, 9.17) is 15.6 Å². The van der Waals surface area contributed by atoms with Gasteiger partial charge in [0, 0.05) is 42.8 Å². The van der Waals surface area contributed by atoms with E-state index in [1.807, 2.05) is 37.3 Å². The van der Waals surface area contributed by atoms with E-state index >= 15 is 0 Å². The van der Waals surface area contributed by atoms with Gasteiger partial charge in [0.25, 0.3) is 5.78 Å². The lowest BCUT2D eigenvalue weighted by atomic mass is 9.87. The van der Waals surface area contributed by atoms with Crippen LogP contribution in [0.25, 0.3) is 17.2 Å². The fraction of sp³-hybridized carbons (Fsp3) is 0.281. The summed E-state index contributed by atoms with van der Waals surface area (Å²) in [6.07, 6.45) is 6.21. The second-order valence-electron chi connectivity index (χ2n) is 10.7. The maximum Gasteiger partial charge on any atom is 0.260 e. The molecule has 0 atom stereocenters. The van der Waals surface area contributed by atoms with Gasteiger partial charge in [-0.15, -0.1) is 10.2 Å². The number of aromatic amines is 1. The standard InChI is InChI=1S/C21H18N6O3.C11H18N2/c1-21(2,3)13-4-6-14(7-5-13)30-18-17(16(29)8-11-28)26-27-19(24-25-20(18)27)15-12-22-9-10-23-15;1-4-13(5-2)10-6-7-11(12)9(3)8-10/h4-7,9-10,12,26,28H,1-3H3;6-8H,4-5,12H2,1-3H3. The number of carbonyl (C=O) groups excluding carboxylic acids is 1. The average Bonchev–Trinajstić information content (AvgIpc) is 3.56. The van der Waals surface area contributed by atoms with Crippen molar-refractivity contribution in [3.8, 4) is 35.0 Å². The molecule has 222 valence electrons. The van der Waals surface area contributed by atoms with E-state index in [-0.39, 0.29) is 22.5 Å². The number of ketones is 1. The number of Topliss-reactive ketones (excluding diaryl/α,β-unsaturated/α-hetero) is 1. The Morgan fingerprint density at radius 3 is 2.40 bits per heavy atom. The molecule has 5 aromatic rings. The average molecular weight is 581 g/mol. The highest BCUT2D eigenvalue weighted by Crippen LogP contribution is 2.33. The summed E-state index contributed by atoms with van der Waals surface area (Å²) in [7, 11) is 0. The number of carbonyl (C=O) groups is 1. The summed E-state index contributed by atoms with van der Waals surface area (Å²) >= 11 is 0. The van der Waals surface area contributed by atoms with Crippen molar-refractivity contribution < 1.29 is 14.6 Å². The maximum absolute atomic E-state index is 12.4. The summed E-state index contributed by atoms with van der Waals surface area (Å²) in [6, 6.07) is 13.7. The molecule has 0 aliphatic heterocycles. The van der Waals surface area contributed by atoms with Crippen LogP contribution in [-0.4, -0.2) is 53.8 Å². The molecule has 43 heavy (non-hydrogen) atoms. The van der Waals surface area contributed by atoms with Gasteiger partial charge >= 0.3 is 0 Å². The number of fused-ring (bicyclic) bond motifs is 1. The molecule has 0 unspecified atom stereocenters. The lowest BCUT2D eigenvalue weighted by molar-refractivity contribution is 0.104. The third kappa shape index (κ3) is 6.93. The Hall–Kier alpha value is -5.37. The van der Waals surface area contributed by atoms with Crippen molar-refractivity contribution in [2.24, 2.45) is 0 Å². The second-order valence-corrected chi connectivity index (χ2v) is 10.7. The molecule has 0 fully saturated rings. The molecule has 0 spiro atoms. The first-order valence-corrected chi connectivity index (χ1v) is 13.9. The Kier molecular flexibility index (Phi) is 9.30. The highest BCUT2D eigenvalue weighted by molar-refractivity contribution is 6.10.